The van der Waals surface area contributed by atoms with Gasteiger partial charge in [0.05, 0.1) is 16.5 Å². The van der Waals surface area contributed by atoms with E-state index in [1.807, 2.05) is 18.2 Å². The fraction of sp³-hybridized carbons (Fsp3) is 0.333. The number of amides is 1. The average molecular weight is 395 g/mol. The summed E-state index contributed by atoms with van der Waals surface area (Å²) in [6.45, 7) is 0.306. The number of fused-ring (bicyclic) bond motifs is 1. The lowest BCUT2D eigenvalue weighted by molar-refractivity contribution is -0.384. The highest BCUT2D eigenvalue weighted by Gasteiger charge is 2.35. The number of nitro benzene ring substituents is 1. The molecule has 4 rings (SSSR count). The number of nitrogens with zero attached hydrogens (tertiary/aromatic N) is 2. The van der Waals surface area contributed by atoms with Crippen LogP contribution in [0.15, 0.2) is 57.7 Å². The molecule has 0 unspecified atom stereocenters. The SMILES string of the molecule is O=C(Cn1c(=O)oc2cc([N+](=O)[O-])ccc21)NCC1(c2ccccc2)CCCC1. The monoisotopic (exact) mass is 395 g/mol. The number of oxazole rings is 1. The van der Waals surface area contributed by atoms with Gasteiger partial charge in [0.1, 0.15) is 6.54 Å². The van der Waals surface area contributed by atoms with Crippen LogP contribution < -0.4 is 11.1 Å². The van der Waals surface area contributed by atoms with Crippen LogP contribution in [0.4, 0.5) is 5.69 Å². The molecule has 1 fully saturated rings. The minimum absolute atomic E-state index is 0.0824. The van der Waals surface area contributed by atoms with Gasteiger partial charge in [0.25, 0.3) is 5.69 Å². The van der Waals surface area contributed by atoms with E-state index in [2.05, 4.69) is 17.4 Å². The second kappa shape index (κ2) is 7.54. The molecule has 0 spiro atoms. The van der Waals surface area contributed by atoms with Gasteiger partial charge in [-0.2, -0.15) is 0 Å². The standard InChI is InChI=1S/C21H21N3O5/c25-19(22-14-21(10-4-5-11-21)15-6-2-1-3-7-15)13-23-17-9-8-16(24(27)28)12-18(17)29-20(23)26/h1-3,6-9,12H,4-5,10-11,13-14H2,(H,22,25). The first-order chi connectivity index (χ1) is 14.0. The number of aromatic nitrogens is 1. The molecule has 8 heteroatoms. The molecule has 1 aromatic heterocycles. The molecule has 0 atom stereocenters. The van der Waals surface area contributed by atoms with Crippen molar-refractivity contribution in [1.29, 1.82) is 0 Å². The van der Waals surface area contributed by atoms with Crippen LogP contribution in [0.2, 0.25) is 0 Å². The van der Waals surface area contributed by atoms with E-state index in [-0.39, 0.29) is 29.1 Å². The molecule has 2 aromatic carbocycles. The molecule has 1 N–H and O–H groups in total. The van der Waals surface area contributed by atoms with Crippen molar-refractivity contribution in [3.05, 3.63) is 74.8 Å². The predicted molar refractivity (Wildman–Crippen MR) is 107 cm³/mol. The van der Waals surface area contributed by atoms with E-state index in [1.165, 1.54) is 28.3 Å². The minimum Gasteiger partial charge on any atom is -0.407 e. The number of nitro groups is 1. The van der Waals surface area contributed by atoms with Crippen LogP contribution in [0, 0.1) is 10.1 Å². The third kappa shape index (κ3) is 3.65. The molecule has 8 nitrogen and oxygen atoms in total. The maximum atomic E-state index is 12.6. The van der Waals surface area contributed by atoms with E-state index in [1.54, 1.807) is 0 Å². The van der Waals surface area contributed by atoms with Crippen molar-refractivity contribution < 1.29 is 14.1 Å². The third-order valence-corrected chi connectivity index (χ3v) is 5.74. The summed E-state index contributed by atoms with van der Waals surface area (Å²) in [5.41, 5.74) is 1.41. The topological polar surface area (TPSA) is 107 Å². The lowest BCUT2D eigenvalue weighted by atomic mass is 9.79. The highest BCUT2D eigenvalue weighted by atomic mass is 16.6. The van der Waals surface area contributed by atoms with Gasteiger partial charge in [-0.1, -0.05) is 43.2 Å². The van der Waals surface area contributed by atoms with Crippen molar-refractivity contribution in [2.24, 2.45) is 0 Å². The summed E-state index contributed by atoms with van der Waals surface area (Å²) in [4.78, 5) is 35.1. The zero-order valence-electron chi connectivity index (χ0n) is 15.8. The first-order valence-electron chi connectivity index (χ1n) is 9.59. The number of hydrogen-bond donors (Lipinski definition) is 1. The van der Waals surface area contributed by atoms with E-state index < -0.39 is 10.7 Å². The van der Waals surface area contributed by atoms with Gasteiger partial charge in [-0.3, -0.25) is 19.5 Å². The molecule has 0 bridgehead atoms. The zero-order chi connectivity index (χ0) is 20.4. The van der Waals surface area contributed by atoms with E-state index in [9.17, 15) is 19.7 Å². The number of carbonyl (C=O) groups excluding carboxylic acids is 1. The Morgan fingerprint density at radius 2 is 1.90 bits per heavy atom. The maximum Gasteiger partial charge on any atom is 0.420 e. The molecule has 1 aliphatic carbocycles. The summed E-state index contributed by atoms with van der Waals surface area (Å²) in [6, 6.07) is 14.1. The summed E-state index contributed by atoms with van der Waals surface area (Å²) >= 11 is 0. The van der Waals surface area contributed by atoms with E-state index in [0.29, 0.717) is 12.1 Å². The molecule has 0 radical (unpaired) electrons. The quantitative estimate of drug-likeness (QED) is 0.510. The van der Waals surface area contributed by atoms with Crippen LogP contribution in [-0.2, 0) is 16.8 Å². The Morgan fingerprint density at radius 3 is 2.59 bits per heavy atom. The third-order valence-electron chi connectivity index (χ3n) is 5.74. The first-order valence-corrected chi connectivity index (χ1v) is 9.59. The van der Waals surface area contributed by atoms with Crippen LogP contribution >= 0.6 is 0 Å². The van der Waals surface area contributed by atoms with Crippen LogP contribution in [0.3, 0.4) is 0 Å². The molecule has 1 amide bonds. The molecule has 0 aliphatic heterocycles. The second-order valence-electron chi connectivity index (χ2n) is 7.49. The smallest absolute Gasteiger partial charge is 0.407 e. The Morgan fingerprint density at radius 1 is 1.17 bits per heavy atom. The van der Waals surface area contributed by atoms with Gasteiger partial charge in [-0.15, -0.1) is 0 Å². The van der Waals surface area contributed by atoms with Crippen LogP contribution in [0.25, 0.3) is 11.1 Å². The van der Waals surface area contributed by atoms with Crippen LogP contribution in [-0.4, -0.2) is 21.9 Å². The molecule has 1 saturated carbocycles. The Hall–Kier alpha value is -3.42. The summed E-state index contributed by atoms with van der Waals surface area (Å²) in [5.74, 6) is -1.01. The number of nitrogens with one attached hydrogen (secondary N) is 1. The van der Waals surface area contributed by atoms with Gasteiger partial charge in [0.2, 0.25) is 5.91 Å². The number of carbonyl (C=O) groups is 1. The van der Waals surface area contributed by atoms with Gasteiger partial charge in [-0.05, 0) is 24.5 Å². The molecule has 150 valence electrons. The Labute approximate surface area is 166 Å². The zero-order valence-corrected chi connectivity index (χ0v) is 15.8. The highest BCUT2D eigenvalue weighted by molar-refractivity contribution is 5.80. The number of rotatable bonds is 6. The number of non-ortho nitro benzene ring substituents is 1. The molecule has 3 aromatic rings. The molecule has 1 heterocycles. The Kier molecular flexibility index (Phi) is 4.92. The lowest BCUT2D eigenvalue weighted by Crippen LogP contribution is -2.41. The van der Waals surface area contributed by atoms with Crippen molar-refractivity contribution in [1.82, 2.24) is 9.88 Å². The van der Waals surface area contributed by atoms with Crippen molar-refractivity contribution in [3.63, 3.8) is 0 Å². The second-order valence-corrected chi connectivity index (χ2v) is 7.49. The normalized spacial score (nSPS) is 15.4. The molecule has 29 heavy (non-hydrogen) atoms. The Bertz CT molecular complexity index is 1110. The van der Waals surface area contributed by atoms with Gasteiger partial charge < -0.3 is 9.73 Å². The molecule has 1 aliphatic rings. The molecular weight excluding hydrogens is 374 g/mol. The summed E-state index contributed by atoms with van der Waals surface area (Å²) in [6.07, 6.45) is 4.26. The van der Waals surface area contributed by atoms with Crippen LogP contribution in [0.1, 0.15) is 31.2 Å². The average Bonchev–Trinajstić information content (AvgIpc) is 3.32. The molecule has 0 saturated heterocycles. The number of hydrogen-bond acceptors (Lipinski definition) is 5. The van der Waals surface area contributed by atoms with E-state index in [4.69, 9.17) is 4.42 Å². The molecular formula is C21H21N3O5. The van der Waals surface area contributed by atoms with E-state index >= 15 is 0 Å². The maximum absolute atomic E-state index is 12.6. The predicted octanol–water partition coefficient (Wildman–Crippen LogP) is 3.13. The Balaban J connectivity index is 1.51. The summed E-state index contributed by atoms with van der Waals surface area (Å²) < 4.78 is 6.27. The summed E-state index contributed by atoms with van der Waals surface area (Å²) in [5, 5.41) is 13.9. The number of benzene rings is 2. The largest absolute Gasteiger partial charge is 0.420 e. The van der Waals surface area contributed by atoms with Gasteiger partial charge >= 0.3 is 5.76 Å². The fourth-order valence-electron chi connectivity index (χ4n) is 4.20. The first kappa shape index (κ1) is 18.9. The van der Waals surface area contributed by atoms with Crippen molar-refractivity contribution in [2.45, 2.75) is 37.6 Å². The van der Waals surface area contributed by atoms with E-state index in [0.717, 1.165) is 25.7 Å². The highest BCUT2D eigenvalue weighted by Crippen LogP contribution is 2.40. The van der Waals surface area contributed by atoms with Crippen molar-refractivity contribution >= 4 is 22.7 Å². The minimum atomic E-state index is -0.714. The van der Waals surface area contributed by atoms with Gasteiger partial charge in [-0.25, -0.2) is 4.79 Å². The van der Waals surface area contributed by atoms with Crippen molar-refractivity contribution in [2.75, 3.05) is 6.54 Å². The van der Waals surface area contributed by atoms with Gasteiger partial charge in [0, 0.05) is 18.0 Å². The summed E-state index contributed by atoms with van der Waals surface area (Å²) in [7, 11) is 0. The fourth-order valence-corrected chi connectivity index (χ4v) is 4.20. The van der Waals surface area contributed by atoms with Crippen LogP contribution in [0.5, 0.6) is 0 Å². The van der Waals surface area contributed by atoms with Gasteiger partial charge in [0.15, 0.2) is 5.58 Å². The van der Waals surface area contributed by atoms with Crippen molar-refractivity contribution in [3.8, 4) is 0 Å². The lowest BCUT2D eigenvalue weighted by Gasteiger charge is -2.30.